The first-order valence-electron chi connectivity index (χ1n) is 6.55. The number of hydrogen-bond donors (Lipinski definition) is 0. The number of fused-ring (bicyclic) bond motifs is 1. The Morgan fingerprint density at radius 2 is 2.26 bits per heavy atom. The van der Waals surface area contributed by atoms with Crippen molar-refractivity contribution in [2.45, 2.75) is 6.54 Å². The topological polar surface area (TPSA) is 52.8 Å². The second kappa shape index (κ2) is 6.67. The number of benzene rings is 1. The van der Waals surface area contributed by atoms with E-state index in [0.717, 1.165) is 4.70 Å². The molecular formula is C15H10Cl2N2O3S. The van der Waals surface area contributed by atoms with Gasteiger partial charge in [0, 0.05) is 5.02 Å². The third-order valence-electron chi connectivity index (χ3n) is 3.00. The Kier molecular flexibility index (Phi) is 4.62. The summed E-state index contributed by atoms with van der Waals surface area (Å²) in [6.45, 7) is 0.944. The van der Waals surface area contributed by atoms with E-state index in [0.29, 0.717) is 33.6 Å². The van der Waals surface area contributed by atoms with Gasteiger partial charge in [0.2, 0.25) is 5.76 Å². The fourth-order valence-electron chi connectivity index (χ4n) is 2.07. The van der Waals surface area contributed by atoms with Crippen molar-refractivity contribution >= 4 is 50.7 Å². The summed E-state index contributed by atoms with van der Waals surface area (Å²) in [5, 5.41) is 0.950. The van der Waals surface area contributed by atoms with Crippen molar-refractivity contribution in [1.82, 2.24) is 4.57 Å². The van der Waals surface area contributed by atoms with Gasteiger partial charge < -0.3 is 14.0 Å². The highest BCUT2D eigenvalue weighted by Gasteiger charge is 2.16. The molecular weight excluding hydrogens is 359 g/mol. The second-order valence-electron chi connectivity index (χ2n) is 4.53. The van der Waals surface area contributed by atoms with Crippen LogP contribution in [0.2, 0.25) is 10.0 Å². The monoisotopic (exact) mass is 368 g/mol. The van der Waals surface area contributed by atoms with Gasteiger partial charge in [-0.05, 0) is 12.1 Å². The number of carbonyl (C=O) groups excluding carboxylic acids is 1. The molecule has 8 heteroatoms. The highest BCUT2D eigenvalue weighted by Crippen LogP contribution is 2.29. The van der Waals surface area contributed by atoms with Crippen LogP contribution < -0.4 is 4.80 Å². The zero-order valence-corrected chi connectivity index (χ0v) is 14.0. The molecule has 1 aliphatic heterocycles. The Balaban J connectivity index is 2.16. The Morgan fingerprint density at radius 3 is 2.96 bits per heavy atom. The van der Waals surface area contributed by atoms with Gasteiger partial charge in [0.15, 0.2) is 4.80 Å². The summed E-state index contributed by atoms with van der Waals surface area (Å²) < 4.78 is 12.8. The van der Waals surface area contributed by atoms with Gasteiger partial charge in [0.25, 0.3) is 0 Å². The van der Waals surface area contributed by atoms with E-state index < -0.39 is 5.91 Å². The molecule has 23 heavy (non-hydrogen) atoms. The van der Waals surface area contributed by atoms with Crippen LogP contribution in [0.5, 0.6) is 0 Å². The van der Waals surface area contributed by atoms with Gasteiger partial charge in [0.05, 0.1) is 21.8 Å². The number of rotatable bonds is 2. The minimum absolute atomic E-state index is 0.0603. The van der Waals surface area contributed by atoms with E-state index in [1.54, 1.807) is 16.7 Å². The van der Waals surface area contributed by atoms with Gasteiger partial charge in [-0.2, -0.15) is 4.99 Å². The molecule has 2 aromatic rings. The Hall–Kier alpha value is -1.94. The van der Waals surface area contributed by atoms with E-state index in [2.05, 4.69) is 10.9 Å². The third kappa shape index (κ3) is 3.22. The quantitative estimate of drug-likeness (QED) is 0.765. The number of aromatic nitrogens is 1. The molecule has 0 spiro atoms. The van der Waals surface area contributed by atoms with Crippen molar-refractivity contribution in [3.63, 3.8) is 0 Å². The Labute approximate surface area is 145 Å². The zero-order chi connectivity index (χ0) is 16.4. The Bertz CT molecular complexity index is 921. The SMILES string of the molecule is C#CCn1c(=NC(=O)C2=COCCO2)sc2cc(Cl)cc(Cl)c21. The first-order chi connectivity index (χ1) is 11.1. The fraction of sp³-hybridized carbons (Fsp3) is 0.200. The molecule has 5 nitrogen and oxygen atoms in total. The summed E-state index contributed by atoms with van der Waals surface area (Å²) in [6, 6.07) is 3.38. The fourth-order valence-corrected chi connectivity index (χ4v) is 3.88. The van der Waals surface area contributed by atoms with E-state index >= 15 is 0 Å². The van der Waals surface area contributed by atoms with Crippen LogP contribution in [-0.2, 0) is 20.8 Å². The number of nitrogens with zero attached hydrogens (tertiary/aromatic N) is 2. The smallest absolute Gasteiger partial charge is 0.317 e. The molecule has 1 aromatic heterocycles. The van der Waals surface area contributed by atoms with Gasteiger partial charge >= 0.3 is 5.91 Å². The van der Waals surface area contributed by atoms with Gasteiger partial charge in [-0.15, -0.1) is 6.42 Å². The van der Waals surface area contributed by atoms with Crippen LogP contribution in [-0.4, -0.2) is 23.7 Å². The molecule has 2 heterocycles. The lowest BCUT2D eigenvalue weighted by Gasteiger charge is -2.12. The third-order valence-corrected chi connectivity index (χ3v) is 4.53. The van der Waals surface area contributed by atoms with Gasteiger partial charge in [-0.3, -0.25) is 4.79 Å². The van der Waals surface area contributed by atoms with Crippen LogP contribution in [0.25, 0.3) is 10.2 Å². The summed E-state index contributed by atoms with van der Waals surface area (Å²) in [4.78, 5) is 16.7. The molecule has 3 rings (SSSR count). The van der Waals surface area contributed by atoms with Crippen molar-refractivity contribution in [3.8, 4) is 12.3 Å². The second-order valence-corrected chi connectivity index (χ2v) is 6.38. The number of ether oxygens (including phenoxy) is 2. The number of hydrogen-bond acceptors (Lipinski definition) is 4. The molecule has 118 valence electrons. The lowest BCUT2D eigenvalue weighted by Crippen LogP contribution is -2.19. The molecule has 0 saturated carbocycles. The van der Waals surface area contributed by atoms with Crippen molar-refractivity contribution in [1.29, 1.82) is 0 Å². The number of carbonyl (C=O) groups is 1. The van der Waals surface area contributed by atoms with Crippen molar-refractivity contribution in [2.75, 3.05) is 13.2 Å². The molecule has 0 fully saturated rings. The first-order valence-corrected chi connectivity index (χ1v) is 8.13. The van der Waals surface area contributed by atoms with E-state index in [-0.39, 0.29) is 12.3 Å². The molecule has 0 atom stereocenters. The van der Waals surface area contributed by atoms with Crippen LogP contribution in [0.1, 0.15) is 0 Å². The lowest BCUT2D eigenvalue weighted by atomic mass is 10.3. The van der Waals surface area contributed by atoms with E-state index in [9.17, 15) is 4.79 Å². The van der Waals surface area contributed by atoms with Crippen LogP contribution in [0.15, 0.2) is 29.1 Å². The predicted molar refractivity (Wildman–Crippen MR) is 89.2 cm³/mol. The highest BCUT2D eigenvalue weighted by atomic mass is 35.5. The van der Waals surface area contributed by atoms with Crippen molar-refractivity contribution < 1.29 is 14.3 Å². The van der Waals surface area contributed by atoms with Gasteiger partial charge in [-0.25, -0.2) is 0 Å². The average Bonchev–Trinajstić information content (AvgIpc) is 2.86. The van der Waals surface area contributed by atoms with Crippen molar-refractivity contribution in [2.24, 2.45) is 4.99 Å². The van der Waals surface area contributed by atoms with E-state index in [1.165, 1.54) is 17.6 Å². The van der Waals surface area contributed by atoms with Crippen LogP contribution in [0.4, 0.5) is 0 Å². The maximum absolute atomic E-state index is 12.2. The first kappa shape index (κ1) is 15.9. The predicted octanol–water partition coefficient (Wildman–Crippen LogP) is 2.96. The molecule has 1 amide bonds. The van der Waals surface area contributed by atoms with Gasteiger partial charge in [-0.1, -0.05) is 40.5 Å². The maximum Gasteiger partial charge on any atom is 0.317 e. The van der Waals surface area contributed by atoms with Crippen molar-refractivity contribution in [3.05, 3.63) is 39.0 Å². The summed E-state index contributed by atoms with van der Waals surface area (Å²) in [7, 11) is 0. The highest BCUT2D eigenvalue weighted by molar-refractivity contribution is 7.16. The van der Waals surface area contributed by atoms with E-state index in [4.69, 9.17) is 39.1 Å². The molecule has 0 saturated heterocycles. The minimum Gasteiger partial charge on any atom is -0.494 e. The molecule has 0 aliphatic carbocycles. The number of halogens is 2. The summed E-state index contributed by atoms with van der Waals surface area (Å²) in [6.07, 6.45) is 6.68. The standard InChI is InChI=1S/C15H10Cl2N2O3S/c1-2-3-19-13-10(17)6-9(16)7-12(13)23-15(19)18-14(20)11-8-21-4-5-22-11/h1,6-8H,3-5H2. The number of thiazole rings is 1. The zero-order valence-electron chi connectivity index (χ0n) is 11.7. The summed E-state index contributed by atoms with van der Waals surface area (Å²) in [5.74, 6) is 2.06. The minimum atomic E-state index is -0.538. The Morgan fingerprint density at radius 1 is 1.43 bits per heavy atom. The number of terminal acetylenes is 1. The van der Waals surface area contributed by atoms with Crippen LogP contribution in [0.3, 0.4) is 0 Å². The summed E-state index contributed by atoms with van der Waals surface area (Å²) in [5.41, 5.74) is 0.695. The van der Waals surface area contributed by atoms with Crippen LogP contribution in [0, 0.1) is 12.3 Å². The van der Waals surface area contributed by atoms with Crippen LogP contribution >= 0.6 is 34.5 Å². The molecule has 0 N–H and O–H groups in total. The largest absolute Gasteiger partial charge is 0.494 e. The molecule has 0 bridgehead atoms. The molecule has 1 aliphatic rings. The van der Waals surface area contributed by atoms with Gasteiger partial charge in [0.1, 0.15) is 19.5 Å². The normalized spacial score (nSPS) is 14.8. The molecule has 1 aromatic carbocycles. The maximum atomic E-state index is 12.2. The summed E-state index contributed by atoms with van der Waals surface area (Å²) >= 11 is 13.5. The molecule has 0 unspecified atom stereocenters. The van der Waals surface area contributed by atoms with E-state index in [1.807, 2.05) is 0 Å². The average molecular weight is 369 g/mol. The number of amides is 1. The molecule has 0 radical (unpaired) electrons. The lowest BCUT2D eigenvalue weighted by molar-refractivity contribution is -0.119.